The molecule has 0 spiro atoms. The van der Waals surface area contributed by atoms with Crippen LogP contribution >= 0.6 is 0 Å². The molecule has 73 heavy (non-hydrogen) atoms. The summed E-state index contributed by atoms with van der Waals surface area (Å²) in [6, 6.07) is 0. The van der Waals surface area contributed by atoms with Gasteiger partial charge < -0.3 is 14.2 Å². The lowest BCUT2D eigenvalue weighted by Gasteiger charge is -2.18. The van der Waals surface area contributed by atoms with E-state index in [0.717, 1.165) is 83.5 Å². The minimum absolute atomic E-state index is 0.133. The molecule has 412 valence electrons. The smallest absolute Gasteiger partial charge is 0.306 e. The van der Waals surface area contributed by atoms with Crippen molar-refractivity contribution in [2.45, 2.75) is 258 Å². The number of carbonyl (C=O) groups excluding carboxylic acids is 3. The van der Waals surface area contributed by atoms with E-state index in [2.05, 4.69) is 130 Å². The van der Waals surface area contributed by atoms with Crippen molar-refractivity contribution in [1.29, 1.82) is 0 Å². The number of allylic oxidation sites excluding steroid dienone is 22. The van der Waals surface area contributed by atoms with Crippen LogP contribution in [-0.4, -0.2) is 37.2 Å². The van der Waals surface area contributed by atoms with Crippen LogP contribution in [-0.2, 0) is 28.6 Å². The third-order valence-electron chi connectivity index (χ3n) is 12.2. The number of hydrogen-bond donors (Lipinski definition) is 0. The number of carbonyl (C=O) groups is 3. The number of unbranched alkanes of at least 4 members (excludes halogenated alkanes) is 19. The molecule has 6 heteroatoms. The van der Waals surface area contributed by atoms with E-state index in [0.29, 0.717) is 19.3 Å². The standard InChI is InChI=1S/C67H108O6/c1-4-7-10-13-16-19-22-25-28-31-33-36-39-42-45-48-51-54-57-60-66(69)72-63-64(62-71-65(68)59-56-53-50-47-44-41-38-35-30-27-24-21-18-15-12-9-6-3)73-67(70)61-58-55-52-49-46-43-40-37-34-32-29-26-23-20-17-14-11-8-5-2/h8,11,16-17,19-20,25-26,28-29,33-34,36-37,42-43,45-46,51-52,54-55,64H,4-7,9-10,12-15,18,21-24,27,30-32,35,38-41,44,47-50,53,56-63H2,1-3H3/b11-8-,19-16-,20-17-,28-25-,29-26-,36-33-,37-34-,45-42-,46-43-,54-51-,55-52-/t64-/m0/s1. The quantitative estimate of drug-likeness (QED) is 0.0261. The zero-order valence-corrected chi connectivity index (χ0v) is 47.1. The van der Waals surface area contributed by atoms with E-state index >= 15 is 0 Å². The molecule has 0 radical (unpaired) electrons. The van der Waals surface area contributed by atoms with E-state index in [9.17, 15) is 14.4 Å². The second-order valence-electron chi connectivity index (χ2n) is 19.2. The Morgan fingerprint density at radius 2 is 0.562 bits per heavy atom. The molecule has 0 saturated heterocycles. The number of hydrogen-bond acceptors (Lipinski definition) is 6. The Kier molecular flexibility index (Phi) is 56.4. The third-order valence-corrected chi connectivity index (χ3v) is 12.2. The molecule has 0 bridgehead atoms. The third kappa shape index (κ3) is 58.3. The first kappa shape index (κ1) is 68.6. The molecule has 1 atom stereocenters. The largest absolute Gasteiger partial charge is 0.462 e. The lowest BCUT2D eigenvalue weighted by atomic mass is 10.0. The van der Waals surface area contributed by atoms with Crippen molar-refractivity contribution >= 4 is 17.9 Å². The second-order valence-corrected chi connectivity index (χ2v) is 19.2. The lowest BCUT2D eigenvalue weighted by molar-refractivity contribution is -0.166. The second kappa shape index (κ2) is 60.1. The van der Waals surface area contributed by atoms with Gasteiger partial charge in [-0.25, -0.2) is 0 Å². The van der Waals surface area contributed by atoms with E-state index < -0.39 is 12.1 Å². The summed E-state index contributed by atoms with van der Waals surface area (Å²) in [5.41, 5.74) is 0. The number of rotatable bonds is 52. The average Bonchev–Trinajstić information content (AvgIpc) is 3.39. The van der Waals surface area contributed by atoms with Crippen LogP contribution in [0.4, 0.5) is 0 Å². The highest BCUT2D eigenvalue weighted by Gasteiger charge is 2.19. The van der Waals surface area contributed by atoms with Crippen LogP contribution in [0.2, 0.25) is 0 Å². The van der Waals surface area contributed by atoms with Gasteiger partial charge in [-0.2, -0.15) is 0 Å². The van der Waals surface area contributed by atoms with Crippen molar-refractivity contribution in [3.63, 3.8) is 0 Å². The van der Waals surface area contributed by atoms with E-state index in [1.807, 2.05) is 24.3 Å². The predicted octanol–water partition coefficient (Wildman–Crippen LogP) is 20.2. The van der Waals surface area contributed by atoms with Gasteiger partial charge in [-0.1, -0.05) is 270 Å². The van der Waals surface area contributed by atoms with Crippen molar-refractivity contribution in [1.82, 2.24) is 0 Å². The Morgan fingerprint density at radius 1 is 0.288 bits per heavy atom. The minimum atomic E-state index is -0.853. The molecule has 0 aliphatic carbocycles. The lowest BCUT2D eigenvalue weighted by Crippen LogP contribution is -2.30. The summed E-state index contributed by atoms with van der Waals surface area (Å²) < 4.78 is 16.7. The van der Waals surface area contributed by atoms with Gasteiger partial charge in [0.25, 0.3) is 0 Å². The van der Waals surface area contributed by atoms with Crippen molar-refractivity contribution < 1.29 is 28.6 Å². The SMILES string of the molecule is CC/C=C\C/C=C\C/C=C\C/C=C\C/C=C\C/C=C\CCC(=O)O[C@H](COC(=O)CC/C=C\C/C=C\C/C=C\C/C=C\C/C=C\CCCCC)COC(=O)CCCCCCCCCCCCCCCCCCC. The van der Waals surface area contributed by atoms with Gasteiger partial charge in [0, 0.05) is 19.3 Å². The van der Waals surface area contributed by atoms with Crippen LogP contribution < -0.4 is 0 Å². The maximum absolute atomic E-state index is 12.8. The Morgan fingerprint density at radius 3 is 0.918 bits per heavy atom. The molecule has 0 unspecified atom stereocenters. The molecule has 0 aromatic carbocycles. The average molecular weight is 1010 g/mol. The van der Waals surface area contributed by atoms with Crippen LogP contribution in [0.15, 0.2) is 134 Å². The Balaban J connectivity index is 4.61. The van der Waals surface area contributed by atoms with E-state index in [-0.39, 0.29) is 38.0 Å². The van der Waals surface area contributed by atoms with Crippen LogP contribution in [0.5, 0.6) is 0 Å². The molecule has 0 N–H and O–H groups in total. The summed E-state index contributed by atoms with van der Waals surface area (Å²) in [5.74, 6) is -1.11. The highest BCUT2D eigenvalue weighted by molar-refractivity contribution is 5.71. The molecule has 6 nitrogen and oxygen atoms in total. The summed E-state index contributed by atoms with van der Waals surface area (Å²) in [7, 11) is 0. The fourth-order valence-electron chi connectivity index (χ4n) is 7.75. The van der Waals surface area contributed by atoms with Crippen molar-refractivity contribution in [2.24, 2.45) is 0 Å². The summed E-state index contributed by atoms with van der Waals surface area (Å²) in [6.07, 6.45) is 84.7. The molecule has 0 aliphatic rings. The molecule has 0 aromatic heterocycles. The molecule has 0 amide bonds. The normalized spacial score (nSPS) is 13.1. The zero-order chi connectivity index (χ0) is 52.9. The van der Waals surface area contributed by atoms with Gasteiger partial charge in [0.1, 0.15) is 13.2 Å². The molecule has 0 saturated carbocycles. The summed E-state index contributed by atoms with van der Waals surface area (Å²) in [4.78, 5) is 38.2. The highest BCUT2D eigenvalue weighted by atomic mass is 16.6. The van der Waals surface area contributed by atoms with Gasteiger partial charge in [-0.3, -0.25) is 14.4 Å². The van der Waals surface area contributed by atoms with Crippen LogP contribution in [0.3, 0.4) is 0 Å². The first-order valence-electron chi connectivity index (χ1n) is 29.7. The first-order valence-corrected chi connectivity index (χ1v) is 29.7. The maximum atomic E-state index is 12.8. The van der Waals surface area contributed by atoms with E-state index in [4.69, 9.17) is 14.2 Å². The van der Waals surface area contributed by atoms with E-state index in [1.54, 1.807) is 0 Å². The van der Waals surface area contributed by atoms with Gasteiger partial charge in [0.15, 0.2) is 6.10 Å². The van der Waals surface area contributed by atoms with E-state index in [1.165, 1.54) is 116 Å². The maximum Gasteiger partial charge on any atom is 0.306 e. The summed E-state index contributed by atoms with van der Waals surface area (Å²) >= 11 is 0. The van der Waals surface area contributed by atoms with Gasteiger partial charge in [0.05, 0.1) is 0 Å². The van der Waals surface area contributed by atoms with Gasteiger partial charge >= 0.3 is 17.9 Å². The zero-order valence-electron chi connectivity index (χ0n) is 47.1. The fraction of sp³-hybridized carbons (Fsp3) is 0.627. The first-order chi connectivity index (χ1) is 36.0. The topological polar surface area (TPSA) is 78.9 Å². The molecular formula is C67H108O6. The Labute approximate surface area is 449 Å². The number of esters is 3. The van der Waals surface area contributed by atoms with Crippen molar-refractivity contribution in [3.05, 3.63) is 134 Å². The highest BCUT2D eigenvalue weighted by Crippen LogP contribution is 2.15. The molecular weight excluding hydrogens is 901 g/mol. The van der Waals surface area contributed by atoms with Gasteiger partial charge in [-0.05, 0) is 96.3 Å². The summed E-state index contributed by atoms with van der Waals surface area (Å²) in [6.45, 7) is 6.38. The molecule has 0 aliphatic heterocycles. The predicted molar refractivity (Wildman–Crippen MR) is 316 cm³/mol. The molecule has 0 heterocycles. The van der Waals surface area contributed by atoms with Gasteiger partial charge in [-0.15, -0.1) is 0 Å². The minimum Gasteiger partial charge on any atom is -0.462 e. The van der Waals surface area contributed by atoms with Crippen LogP contribution in [0.1, 0.15) is 252 Å². The molecule has 0 rings (SSSR count). The monoisotopic (exact) mass is 1010 g/mol. The van der Waals surface area contributed by atoms with Crippen LogP contribution in [0, 0.1) is 0 Å². The molecule has 0 aromatic rings. The summed E-state index contributed by atoms with van der Waals surface area (Å²) in [5, 5.41) is 0. The van der Waals surface area contributed by atoms with Gasteiger partial charge in [0.2, 0.25) is 0 Å². The molecule has 0 fully saturated rings. The van der Waals surface area contributed by atoms with Crippen molar-refractivity contribution in [3.8, 4) is 0 Å². The van der Waals surface area contributed by atoms with Crippen LogP contribution in [0.25, 0.3) is 0 Å². The fourth-order valence-corrected chi connectivity index (χ4v) is 7.75. The van der Waals surface area contributed by atoms with Crippen molar-refractivity contribution in [2.75, 3.05) is 13.2 Å². The Bertz CT molecular complexity index is 1580. The number of ether oxygens (including phenoxy) is 3. The Hall–Kier alpha value is -4.45.